The van der Waals surface area contributed by atoms with E-state index in [9.17, 15) is 9.18 Å². The first-order valence-electron chi connectivity index (χ1n) is 7.05. The summed E-state index contributed by atoms with van der Waals surface area (Å²) in [5.41, 5.74) is 6.20. The molecule has 118 valence electrons. The van der Waals surface area contributed by atoms with Crippen LogP contribution in [0.3, 0.4) is 0 Å². The van der Waals surface area contributed by atoms with Gasteiger partial charge in [-0.1, -0.05) is 6.07 Å². The van der Waals surface area contributed by atoms with E-state index in [2.05, 4.69) is 5.32 Å². The number of anilines is 1. The molecule has 5 nitrogen and oxygen atoms in total. The highest BCUT2D eigenvalue weighted by molar-refractivity contribution is 5.81. The van der Waals surface area contributed by atoms with Crippen molar-refractivity contribution in [2.45, 2.75) is 19.4 Å². The molecule has 0 bridgehead atoms. The third-order valence-corrected chi connectivity index (χ3v) is 2.96. The summed E-state index contributed by atoms with van der Waals surface area (Å²) in [7, 11) is 1.59. The van der Waals surface area contributed by atoms with Gasteiger partial charge in [0.25, 0.3) is 0 Å². The highest BCUT2D eigenvalue weighted by Gasteiger charge is 2.13. The van der Waals surface area contributed by atoms with Gasteiger partial charge in [-0.2, -0.15) is 0 Å². The molecule has 0 aliphatic heterocycles. The summed E-state index contributed by atoms with van der Waals surface area (Å²) in [6, 6.07) is 6.15. The molecule has 1 atom stereocenters. The Hall–Kier alpha value is -1.66. The molecule has 0 aromatic heterocycles. The summed E-state index contributed by atoms with van der Waals surface area (Å²) in [6.07, 6.45) is 0.734. The summed E-state index contributed by atoms with van der Waals surface area (Å²) >= 11 is 0. The highest BCUT2D eigenvalue weighted by Crippen LogP contribution is 2.15. The standard InChI is InChI=1S/C15H24FN3O2/c1-12(11-21-2)18-15(20)10-19(8-4-7-17)14-6-3-5-13(16)9-14/h3,5-6,9,12H,4,7-8,10-11,17H2,1-2H3,(H,18,20). The lowest BCUT2D eigenvalue weighted by Gasteiger charge is -2.25. The van der Waals surface area contributed by atoms with Crippen molar-refractivity contribution < 1.29 is 13.9 Å². The van der Waals surface area contributed by atoms with Gasteiger partial charge in [0.05, 0.1) is 13.2 Å². The van der Waals surface area contributed by atoms with Gasteiger partial charge < -0.3 is 20.7 Å². The fraction of sp³-hybridized carbons (Fsp3) is 0.533. The monoisotopic (exact) mass is 297 g/mol. The van der Waals surface area contributed by atoms with Crippen molar-refractivity contribution in [3.8, 4) is 0 Å². The smallest absolute Gasteiger partial charge is 0.239 e. The largest absolute Gasteiger partial charge is 0.383 e. The van der Waals surface area contributed by atoms with E-state index >= 15 is 0 Å². The van der Waals surface area contributed by atoms with E-state index in [1.807, 2.05) is 11.8 Å². The van der Waals surface area contributed by atoms with Gasteiger partial charge in [0.2, 0.25) is 5.91 Å². The number of hydrogen-bond donors (Lipinski definition) is 2. The number of hydrogen-bond acceptors (Lipinski definition) is 4. The van der Waals surface area contributed by atoms with Crippen molar-refractivity contribution in [3.05, 3.63) is 30.1 Å². The maximum Gasteiger partial charge on any atom is 0.239 e. The van der Waals surface area contributed by atoms with Crippen LogP contribution in [0.25, 0.3) is 0 Å². The molecule has 1 aromatic carbocycles. The second-order valence-corrected chi connectivity index (χ2v) is 4.97. The molecule has 6 heteroatoms. The normalized spacial score (nSPS) is 12.0. The van der Waals surface area contributed by atoms with Crippen LogP contribution in [0.5, 0.6) is 0 Å². The number of nitrogens with zero attached hydrogens (tertiary/aromatic N) is 1. The van der Waals surface area contributed by atoms with Crippen molar-refractivity contribution in [2.75, 3.05) is 38.3 Å². The lowest BCUT2D eigenvalue weighted by Crippen LogP contribution is -2.43. The Bertz CT molecular complexity index is 443. The van der Waals surface area contributed by atoms with E-state index in [0.29, 0.717) is 25.4 Å². The fourth-order valence-corrected chi connectivity index (χ4v) is 2.04. The Morgan fingerprint density at radius 1 is 1.52 bits per heavy atom. The Kier molecular flexibility index (Phi) is 7.71. The predicted molar refractivity (Wildman–Crippen MR) is 81.8 cm³/mol. The Morgan fingerprint density at radius 3 is 2.90 bits per heavy atom. The maximum atomic E-state index is 13.3. The van der Waals surface area contributed by atoms with Gasteiger partial charge in [-0.05, 0) is 38.1 Å². The Labute approximate surface area is 125 Å². The van der Waals surface area contributed by atoms with Crippen LogP contribution in [0.4, 0.5) is 10.1 Å². The first-order chi connectivity index (χ1) is 10.1. The number of methoxy groups -OCH3 is 1. The molecule has 3 N–H and O–H groups in total. The number of halogens is 1. The summed E-state index contributed by atoms with van der Waals surface area (Å²) < 4.78 is 18.3. The fourth-order valence-electron chi connectivity index (χ4n) is 2.04. The number of ether oxygens (including phenoxy) is 1. The quantitative estimate of drug-likeness (QED) is 0.717. The molecule has 21 heavy (non-hydrogen) atoms. The summed E-state index contributed by atoms with van der Waals surface area (Å²) in [6.45, 7) is 3.61. The van der Waals surface area contributed by atoms with Crippen LogP contribution in [0.15, 0.2) is 24.3 Å². The zero-order valence-corrected chi connectivity index (χ0v) is 12.6. The first-order valence-corrected chi connectivity index (χ1v) is 7.05. The van der Waals surface area contributed by atoms with Crippen LogP contribution >= 0.6 is 0 Å². The number of rotatable bonds is 9. The average Bonchev–Trinajstić information content (AvgIpc) is 2.43. The van der Waals surface area contributed by atoms with E-state index < -0.39 is 0 Å². The summed E-state index contributed by atoms with van der Waals surface area (Å²) in [5.74, 6) is -0.445. The molecule has 0 radical (unpaired) electrons. The minimum Gasteiger partial charge on any atom is -0.383 e. The third-order valence-electron chi connectivity index (χ3n) is 2.96. The molecular weight excluding hydrogens is 273 g/mol. The van der Waals surface area contributed by atoms with Gasteiger partial charge in [0, 0.05) is 25.4 Å². The molecule has 0 saturated carbocycles. The number of carbonyl (C=O) groups is 1. The topological polar surface area (TPSA) is 67.6 Å². The van der Waals surface area contributed by atoms with Crippen LogP contribution in [0.1, 0.15) is 13.3 Å². The third kappa shape index (κ3) is 6.55. The number of nitrogens with two attached hydrogens (primary N) is 1. The van der Waals surface area contributed by atoms with Crippen LogP contribution in [-0.4, -0.2) is 45.3 Å². The lowest BCUT2D eigenvalue weighted by molar-refractivity contribution is -0.120. The van der Waals surface area contributed by atoms with Crippen LogP contribution in [0.2, 0.25) is 0 Å². The van der Waals surface area contributed by atoms with Gasteiger partial charge in [0.15, 0.2) is 0 Å². The molecule has 1 amide bonds. The van der Waals surface area contributed by atoms with Gasteiger partial charge >= 0.3 is 0 Å². The van der Waals surface area contributed by atoms with Crippen molar-refractivity contribution >= 4 is 11.6 Å². The van der Waals surface area contributed by atoms with Crippen LogP contribution in [0, 0.1) is 5.82 Å². The van der Waals surface area contributed by atoms with Crippen LogP contribution < -0.4 is 16.0 Å². The van der Waals surface area contributed by atoms with E-state index in [4.69, 9.17) is 10.5 Å². The zero-order valence-electron chi connectivity index (χ0n) is 12.6. The number of amides is 1. The SMILES string of the molecule is COCC(C)NC(=O)CN(CCCN)c1cccc(F)c1. The molecule has 0 spiro atoms. The van der Waals surface area contributed by atoms with Gasteiger partial charge in [0.1, 0.15) is 5.82 Å². The van der Waals surface area contributed by atoms with Gasteiger partial charge in [-0.15, -0.1) is 0 Å². The molecule has 0 heterocycles. The number of carbonyl (C=O) groups excluding carboxylic acids is 1. The van der Waals surface area contributed by atoms with Crippen molar-refractivity contribution in [1.82, 2.24) is 5.32 Å². The Balaban J connectivity index is 2.67. The minimum absolute atomic E-state index is 0.0635. The summed E-state index contributed by atoms with van der Waals surface area (Å²) in [5, 5.41) is 2.84. The predicted octanol–water partition coefficient (Wildman–Crippen LogP) is 1.13. The second-order valence-electron chi connectivity index (χ2n) is 4.97. The molecule has 0 aliphatic rings. The average molecular weight is 297 g/mol. The number of nitrogens with one attached hydrogen (secondary N) is 1. The molecule has 1 aromatic rings. The van der Waals surface area contributed by atoms with E-state index in [-0.39, 0.29) is 24.3 Å². The zero-order chi connectivity index (χ0) is 15.7. The molecule has 1 rings (SSSR count). The molecular formula is C15H24FN3O2. The second kappa shape index (κ2) is 9.31. The first kappa shape index (κ1) is 17.4. The lowest BCUT2D eigenvalue weighted by atomic mass is 10.2. The summed E-state index contributed by atoms with van der Waals surface area (Å²) in [4.78, 5) is 13.9. The van der Waals surface area contributed by atoms with Crippen molar-refractivity contribution in [1.29, 1.82) is 0 Å². The molecule has 0 aliphatic carbocycles. The van der Waals surface area contributed by atoms with Crippen molar-refractivity contribution in [2.24, 2.45) is 5.73 Å². The molecule has 0 fully saturated rings. The number of benzene rings is 1. The van der Waals surface area contributed by atoms with Crippen molar-refractivity contribution in [3.63, 3.8) is 0 Å². The van der Waals surface area contributed by atoms with E-state index in [1.54, 1.807) is 19.2 Å². The highest BCUT2D eigenvalue weighted by atomic mass is 19.1. The van der Waals surface area contributed by atoms with Gasteiger partial charge in [-0.25, -0.2) is 4.39 Å². The molecule has 1 unspecified atom stereocenters. The minimum atomic E-state index is -0.321. The van der Waals surface area contributed by atoms with E-state index in [0.717, 1.165) is 6.42 Å². The Morgan fingerprint density at radius 2 is 2.29 bits per heavy atom. The van der Waals surface area contributed by atoms with Gasteiger partial charge in [-0.3, -0.25) is 4.79 Å². The molecule has 0 saturated heterocycles. The maximum absolute atomic E-state index is 13.3. The van der Waals surface area contributed by atoms with Crippen LogP contribution in [-0.2, 0) is 9.53 Å². The van der Waals surface area contributed by atoms with E-state index in [1.165, 1.54) is 12.1 Å².